The Hall–Kier alpha value is -0.650. The molecule has 1 aliphatic heterocycles. The van der Waals surface area contributed by atoms with Crippen molar-refractivity contribution in [1.29, 1.82) is 0 Å². The average molecular weight is 298 g/mol. The van der Waals surface area contributed by atoms with Gasteiger partial charge in [-0.2, -0.15) is 0 Å². The number of likely N-dealkylation sites (N-methyl/N-ethyl adjacent to an activating group) is 2. The Morgan fingerprint density at radius 2 is 2.24 bits per heavy atom. The third-order valence-electron chi connectivity index (χ3n) is 4.88. The van der Waals surface area contributed by atoms with E-state index in [1.165, 1.54) is 19.4 Å². The summed E-state index contributed by atoms with van der Waals surface area (Å²) in [5.74, 6) is -0.253. The summed E-state index contributed by atoms with van der Waals surface area (Å²) in [5.41, 5.74) is 5.01. The molecule has 1 aliphatic rings. The van der Waals surface area contributed by atoms with Crippen molar-refractivity contribution in [1.82, 2.24) is 15.1 Å². The lowest BCUT2D eigenvalue weighted by atomic mass is 9.90. The van der Waals surface area contributed by atoms with E-state index in [2.05, 4.69) is 43.1 Å². The zero-order valence-corrected chi connectivity index (χ0v) is 14.5. The van der Waals surface area contributed by atoms with Gasteiger partial charge in [0, 0.05) is 18.6 Å². The van der Waals surface area contributed by atoms with E-state index in [-0.39, 0.29) is 5.91 Å². The summed E-state index contributed by atoms with van der Waals surface area (Å²) in [4.78, 5) is 16.7. The monoisotopic (exact) mass is 298 g/mol. The Kier molecular flexibility index (Phi) is 7.10. The highest BCUT2D eigenvalue weighted by Crippen LogP contribution is 2.21. The van der Waals surface area contributed by atoms with Gasteiger partial charge in [0.25, 0.3) is 0 Å². The SMILES string of the molecule is CCCNC(C)(CC(C)N(C)C1CCCN(C)C1)C(N)=O. The molecule has 0 radical (unpaired) electrons. The second-order valence-electron chi connectivity index (χ2n) is 6.90. The fraction of sp³-hybridized carbons (Fsp3) is 0.938. The van der Waals surface area contributed by atoms with Crippen LogP contribution in [0.4, 0.5) is 0 Å². The van der Waals surface area contributed by atoms with E-state index >= 15 is 0 Å². The molecule has 1 rings (SSSR count). The Balaban J connectivity index is 2.63. The molecule has 3 N–H and O–H groups in total. The molecule has 124 valence electrons. The van der Waals surface area contributed by atoms with Crippen molar-refractivity contribution in [3.8, 4) is 0 Å². The van der Waals surface area contributed by atoms with Crippen LogP contribution in [0.5, 0.6) is 0 Å². The smallest absolute Gasteiger partial charge is 0.237 e. The molecule has 1 saturated heterocycles. The third kappa shape index (κ3) is 5.24. The van der Waals surface area contributed by atoms with E-state index in [0.717, 1.165) is 25.9 Å². The number of rotatable bonds is 8. The first-order valence-electron chi connectivity index (χ1n) is 8.25. The zero-order chi connectivity index (χ0) is 16.0. The molecular formula is C16H34N4O. The van der Waals surface area contributed by atoms with Crippen LogP contribution < -0.4 is 11.1 Å². The number of carbonyl (C=O) groups excluding carboxylic acids is 1. The molecule has 0 spiro atoms. The Labute approximate surface area is 130 Å². The summed E-state index contributed by atoms with van der Waals surface area (Å²) in [6.07, 6.45) is 4.24. The number of nitrogens with zero attached hydrogens (tertiary/aromatic N) is 2. The molecule has 1 heterocycles. The highest BCUT2D eigenvalue weighted by atomic mass is 16.1. The predicted octanol–water partition coefficient (Wildman–Crippen LogP) is 1.03. The molecule has 0 aromatic carbocycles. The van der Waals surface area contributed by atoms with Crippen LogP contribution in [0.25, 0.3) is 0 Å². The van der Waals surface area contributed by atoms with Crippen LogP contribution in [-0.4, -0.2) is 67.1 Å². The first-order valence-corrected chi connectivity index (χ1v) is 8.25. The van der Waals surface area contributed by atoms with E-state index in [9.17, 15) is 4.79 Å². The van der Waals surface area contributed by atoms with E-state index in [1.807, 2.05) is 6.92 Å². The molecule has 0 aromatic rings. The van der Waals surface area contributed by atoms with Gasteiger partial charge in [0.05, 0.1) is 5.54 Å². The first-order chi connectivity index (χ1) is 9.80. The number of primary amides is 1. The van der Waals surface area contributed by atoms with Gasteiger partial charge in [0.15, 0.2) is 0 Å². The summed E-state index contributed by atoms with van der Waals surface area (Å²) < 4.78 is 0. The number of amides is 1. The second-order valence-corrected chi connectivity index (χ2v) is 6.90. The van der Waals surface area contributed by atoms with E-state index in [1.54, 1.807) is 0 Å². The van der Waals surface area contributed by atoms with Gasteiger partial charge in [-0.25, -0.2) is 0 Å². The van der Waals surface area contributed by atoms with Gasteiger partial charge in [-0.15, -0.1) is 0 Å². The lowest BCUT2D eigenvalue weighted by Crippen LogP contribution is -2.57. The fourth-order valence-electron chi connectivity index (χ4n) is 3.23. The molecule has 0 bridgehead atoms. The number of hydrogen-bond acceptors (Lipinski definition) is 4. The lowest BCUT2D eigenvalue weighted by Gasteiger charge is -2.41. The topological polar surface area (TPSA) is 61.6 Å². The minimum Gasteiger partial charge on any atom is -0.368 e. The van der Waals surface area contributed by atoms with Crippen molar-refractivity contribution in [2.45, 2.75) is 64.1 Å². The quantitative estimate of drug-likeness (QED) is 0.703. The van der Waals surface area contributed by atoms with E-state index in [4.69, 9.17) is 5.73 Å². The van der Waals surface area contributed by atoms with Gasteiger partial charge in [0.1, 0.15) is 0 Å². The van der Waals surface area contributed by atoms with Crippen LogP contribution in [0.2, 0.25) is 0 Å². The zero-order valence-electron chi connectivity index (χ0n) is 14.5. The molecule has 3 atom stereocenters. The summed E-state index contributed by atoms with van der Waals surface area (Å²) >= 11 is 0. The van der Waals surface area contributed by atoms with Crippen molar-refractivity contribution in [3.05, 3.63) is 0 Å². The number of hydrogen-bond donors (Lipinski definition) is 2. The molecule has 1 amide bonds. The number of likely N-dealkylation sites (tertiary alicyclic amines) is 1. The summed E-state index contributed by atoms with van der Waals surface area (Å²) in [5, 5.41) is 3.33. The summed E-state index contributed by atoms with van der Waals surface area (Å²) in [6.45, 7) is 9.35. The van der Waals surface area contributed by atoms with Crippen molar-refractivity contribution in [2.75, 3.05) is 33.7 Å². The van der Waals surface area contributed by atoms with Gasteiger partial charge in [-0.05, 0) is 66.7 Å². The molecule has 0 saturated carbocycles. The van der Waals surface area contributed by atoms with Gasteiger partial charge in [-0.3, -0.25) is 9.69 Å². The maximum Gasteiger partial charge on any atom is 0.237 e. The van der Waals surface area contributed by atoms with E-state index < -0.39 is 5.54 Å². The number of carbonyl (C=O) groups is 1. The number of nitrogens with one attached hydrogen (secondary N) is 1. The molecule has 5 nitrogen and oxygen atoms in total. The van der Waals surface area contributed by atoms with Crippen LogP contribution in [0.15, 0.2) is 0 Å². The third-order valence-corrected chi connectivity index (χ3v) is 4.88. The maximum atomic E-state index is 11.8. The molecule has 1 fully saturated rings. The molecule has 3 unspecified atom stereocenters. The molecule has 21 heavy (non-hydrogen) atoms. The van der Waals surface area contributed by atoms with Gasteiger partial charge >= 0.3 is 0 Å². The van der Waals surface area contributed by atoms with Crippen LogP contribution >= 0.6 is 0 Å². The largest absolute Gasteiger partial charge is 0.368 e. The summed E-state index contributed by atoms with van der Waals surface area (Å²) in [7, 11) is 4.36. The Morgan fingerprint density at radius 3 is 2.76 bits per heavy atom. The highest BCUT2D eigenvalue weighted by Gasteiger charge is 2.34. The van der Waals surface area contributed by atoms with Gasteiger partial charge in [0.2, 0.25) is 5.91 Å². The first kappa shape index (κ1) is 18.4. The minimum absolute atomic E-state index is 0.253. The van der Waals surface area contributed by atoms with Crippen molar-refractivity contribution < 1.29 is 4.79 Å². The van der Waals surface area contributed by atoms with Crippen LogP contribution in [0.3, 0.4) is 0 Å². The summed E-state index contributed by atoms with van der Waals surface area (Å²) in [6, 6.07) is 0.894. The Morgan fingerprint density at radius 1 is 1.57 bits per heavy atom. The second kappa shape index (κ2) is 8.11. The standard InChI is InChI=1S/C16H34N4O/c1-6-9-18-16(3,15(17)21)11-13(2)20(5)14-8-7-10-19(4)12-14/h13-14,18H,6-12H2,1-5H3,(H2,17,21). The number of nitrogens with two attached hydrogens (primary N) is 1. The molecule has 0 aliphatic carbocycles. The minimum atomic E-state index is -0.621. The molecular weight excluding hydrogens is 264 g/mol. The predicted molar refractivity (Wildman–Crippen MR) is 88.3 cm³/mol. The van der Waals surface area contributed by atoms with Crippen LogP contribution in [-0.2, 0) is 4.79 Å². The van der Waals surface area contributed by atoms with Gasteiger partial charge < -0.3 is 16.0 Å². The Bertz CT molecular complexity index is 336. The lowest BCUT2D eigenvalue weighted by molar-refractivity contribution is -0.124. The number of piperidine rings is 1. The fourth-order valence-corrected chi connectivity index (χ4v) is 3.23. The van der Waals surface area contributed by atoms with Crippen molar-refractivity contribution in [3.63, 3.8) is 0 Å². The normalized spacial score (nSPS) is 24.8. The molecule has 5 heteroatoms. The van der Waals surface area contributed by atoms with Crippen molar-refractivity contribution in [2.24, 2.45) is 5.73 Å². The van der Waals surface area contributed by atoms with Crippen molar-refractivity contribution >= 4 is 5.91 Å². The molecule has 0 aromatic heterocycles. The van der Waals surface area contributed by atoms with Gasteiger partial charge in [-0.1, -0.05) is 6.92 Å². The van der Waals surface area contributed by atoms with Crippen LogP contribution in [0, 0.1) is 0 Å². The average Bonchev–Trinajstić information content (AvgIpc) is 2.44. The van der Waals surface area contributed by atoms with E-state index in [0.29, 0.717) is 12.1 Å². The van der Waals surface area contributed by atoms with Crippen LogP contribution in [0.1, 0.15) is 46.5 Å². The maximum absolute atomic E-state index is 11.8. The highest BCUT2D eigenvalue weighted by molar-refractivity contribution is 5.84.